The van der Waals surface area contributed by atoms with Gasteiger partial charge in [0.15, 0.2) is 9.84 Å². The van der Waals surface area contributed by atoms with E-state index < -0.39 is 15.9 Å². The van der Waals surface area contributed by atoms with E-state index in [0.717, 1.165) is 5.75 Å². The van der Waals surface area contributed by atoms with Crippen LogP contribution in [0.1, 0.15) is 11.3 Å². The van der Waals surface area contributed by atoms with Crippen molar-refractivity contribution in [2.24, 2.45) is 0 Å². The van der Waals surface area contributed by atoms with Gasteiger partial charge >= 0.3 is 0 Å². The zero-order valence-corrected chi connectivity index (χ0v) is 15.6. The first-order valence-corrected chi connectivity index (χ1v) is 11.0. The SMILES string of the molecule is O=S1(=O)CCC(N(Cc2cccs2)CC(O)COc2ccccc2)C1. The Hall–Kier alpha value is -1.41. The molecule has 7 heteroatoms. The number of aliphatic hydroxyl groups excluding tert-OH is 1. The first-order valence-electron chi connectivity index (χ1n) is 8.34. The molecule has 3 rings (SSSR count). The zero-order chi connectivity index (χ0) is 17.7. The third-order valence-electron chi connectivity index (χ3n) is 4.29. The van der Waals surface area contributed by atoms with Crippen molar-refractivity contribution in [2.75, 3.05) is 24.7 Å². The number of nitrogens with zero attached hydrogens (tertiary/aromatic N) is 1. The topological polar surface area (TPSA) is 66.8 Å². The Bertz CT molecular complexity index is 747. The molecule has 1 aromatic carbocycles. The van der Waals surface area contributed by atoms with Gasteiger partial charge in [0, 0.05) is 24.0 Å². The summed E-state index contributed by atoms with van der Waals surface area (Å²) in [6.45, 7) is 1.23. The monoisotopic (exact) mass is 381 g/mol. The maximum absolute atomic E-state index is 11.8. The maximum atomic E-state index is 11.8. The second-order valence-electron chi connectivity index (χ2n) is 6.34. The number of ether oxygens (including phenoxy) is 1. The van der Waals surface area contributed by atoms with Gasteiger partial charge in [0.2, 0.25) is 0 Å². The van der Waals surface area contributed by atoms with Crippen LogP contribution in [-0.2, 0) is 16.4 Å². The van der Waals surface area contributed by atoms with Crippen LogP contribution in [0.2, 0.25) is 0 Å². The molecule has 0 saturated carbocycles. The molecule has 5 nitrogen and oxygen atoms in total. The van der Waals surface area contributed by atoms with Crippen LogP contribution in [0.25, 0.3) is 0 Å². The van der Waals surface area contributed by atoms with Crippen molar-refractivity contribution in [1.29, 1.82) is 0 Å². The van der Waals surface area contributed by atoms with Crippen LogP contribution in [0.3, 0.4) is 0 Å². The third kappa shape index (κ3) is 5.54. The molecule has 2 aromatic rings. The lowest BCUT2D eigenvalue weighted by atomic mass is 10.2. The van der Waals surface area contributed by atoms with Crippen molar-refractivity contribution in [3.05, 3.63) is 52.7 Å². The second-order valence-corrected chi connectivity index (χ2v) is 9.60. The molecule has 2 unspecified atom stereocenters. The minimum absolute atomic E-state index is 0.0431. The van der Waals surface area contributed by atoms with E-state index in [2.05, 4.69) is 4.90 Å². The number of rotatable bonds is 8. The highest BCUT2D eigenvalue weighted by Gasteiger charge is 2.33. The molecule has 1 aromatic heterocycles. The number of thiophene rings is 1. The molecule has 136 valence electrons. The van der Waals surface area contributed by atoms with Crippen LogP contribution < -0.4 is 4.74 Å². The zero-order valence-electron chi connectivity index (χ0n) is 14.0. The standard InChI is InChI=1S/C18H23NO4S2/c20-16(13-23-17-5-2-1-3-6-17)11-19(12-18-7-4-9-24-18)15-8-10-25(21,22)14-15/h1-7,9,15-16,20H,8,10-14H2. The fourth-order valence-electron chi connectivity index (χ4n) is 3.04. The highest BCUT2D eigenvalue weighted by molar-refractivity contribution is 7.91. The molecule has 0 bridgehead atoms. The molecule has 1 fully saturated rings. The van der Waals surface area contributed by atoms with Gasteiger partial charge in [-0.1, -0.05) is 24.3 Å². The van der Waals surface area contributed by atoms with Crippen LogP contribution in [0, 0.1) is 0 Å². The van der Waals surface area contributed by atoms with Gasteiger partial charge in [-0.15, -0.1) is 11.3 Å². The summed E-state index contributed by atoms with van der Waals surface area (Å²) in [7, 11) is -2.96. The van der Waals surface area contributed by atoms with E-state index in [9.17, 15) is 13.5 Å². The summed E-state index contributed by atoms with van der Waals surface area (Å²) in [4.78, 5) is 3.25. The van der Waals surface area contributed by atoms with E-state index in [-0.39, 0.29) is 24.2 Å². The van der Waals surface area contributed by atoms with Crippen molar-refractivity contribution in [3.8, 4) is 5.75 Å². The summed E-state index contributed by atoms with van der Waals surface area (Å²) in [6.07, 6.45) is -0.0524. The van der Waals surface area contributed by atoms with E-state index >= 15 is 0 Å². The number of hydrogen-bond acceptors (Lipinski definition) is 6. The van der Waals surface area contributed by atoms with Gasteiger partial charge in [-0.05, 0) is 30.0 Å². The maximum Gasteiger partial charge on any atom is 0.151 e. The quantitative estimate of drug-likeness (QED) is 0.759. The number of aliphatic hydroxyl groups is 1. The second kappa shape index (κ2) is 8.31. The molecule has 1 N–H and O–H groups in total. The normalized spacial score (nSPS) is 20.6. The summed E-state index contributed by atoms with van der Waals surface area (Å²) in [6, 6.07) is 13.3. The minimum Gasteiger partial charge on any atom is -0.491 e. The molecule has 0 spiro atoms. The fraction of sp³-hybridized carbons (Fsp3) is 0.444. The number of sulfone groups is 1. The lowest BCUT2D eigenvalue weighted by molar-refractivity contribution is 0.0529. The molecule has 2 atom stereocenters. The van der Waals surface area contributed by atoms with E-state index in [4.69, 9.17) is 4.74 Å². The first-order chi connectivity index (χ1) is 12.0. The Morgan fingerprint density at radius 2 is 2.04 bits per heavy atom. The molecule has 25 heavy (non-hydrogen) atoms. The molecule has 1 saturated heterocycles. The van der Waals surface area contributed by atoms with Gasteiger partial charge in [-0.25, -0.2) is 8.42 Å². The third-order valence-corrected chi connectivity index (χ3v) is 6.91. The summed E-state index contributed by atoms with van der Waals surface area (Å²) >= 11 is 1.64. The molecule has 0 amide bonds. The van der Waals surface area contributed by atoms with Crippen LogP contribution in [0.5, 0.6) is 5.75 Å². The summed E-state index contributed by atoms with van der Waals surface area (Å²) < 4.78 is 29.3. The molecule has 2 heterocycles. The van der Waals surface area contributed by atoms with Crippen molar-refractivity contribution in [1.82, 2.24) is 4.90 Å². The van der Waals surface area contributed by atoms with Gasteiger partial charge < -0.3 is 9.84 Å². The van der Waals surface area contributed by atoms with Gasteiger partial charge in [0.1, 0.15) is 18.5 Å². The predicted molar refractivity (Wildman–Crippen MR) is 99.7 cm³/mol. The molecule has 1 aliphatic rings. The van der Waals surface area contributed by atoms with Gasteiger partial charge in [-0.2, -0.15) is 0 Å². The predicted octanol–water partition coefficient (Wildman–Crippen LogP) is 2.18. The lowest BCUT2D eigenvalue weighted by Crippen LogP contribution is -2.42. The largest absolute Gasteiger partial charge is 0.491 e. The fourth-order valence-corrected chi connectivity index (χ4v) is 5.53. The lowest BCUT2D eigenvalue weighted by Gasteiger charge is -2.29. The average Bonchev–Trinajstić information content (AvgIpc) is 3.22. The van der Waals surface area contributed by atoms with Crippen LogP contribution >= 0.6 is 11.3 Å². The Morgan fingerprint density at radius 1 is 1.24 bits per heavy atom. The highest BCUT2D eigenvalue weighted by Crippen LogP contribution is 2.22. The Labute approximate surface area is 152 Å². The molecule has 0 aliphatic carbocycles. The number of benzene rings is 1. The van der Waals surface area contributed by atoms with E-state index in [0.29, 0.717) is 19.5 Å². The number of para-hydroxylation sites is 1. The van der Waals surface area contributed by atoms with Crippen LogP contribution in [-0.4, -0.2) is 55.2 Å². The van der Waals surface area contributed by atoms with Crippen LogP contribution in [0.4, 0.5) is 0 Å². The molecule has 1 aliphatic heterocycles. The van der Waals surface area contributed by atoms with E-state index in [1.807, 2.05) is 47.8 Å². The number of hydrogen-bond donors (Lipinski definition) is 1. The van der Waals surface area contributed by atoms with Crippen molar-refractivity contribution in [3.63, 3.8) is 0 Å². The van der Waals surface area contributed by atoms with Gasteiger partial charge in [0.05, 0.1) is 11.5 Å². The highest BCUT2D eigenvalue weighted by atomic mass is 32.2. The van der Waals surface area contributed by atoms with Gasteiger partial charge in [-0.3, -0.25) is 4.90 Å². The average molecular weight is 382 g/mol. The van der Waals surface area contributed by atoms with E-state index in [1.165, 1.54) is 4.88 Å². The minimum atomic E-state index is -2.96. The Balaban J connectivity index is 1.60. The van der Waals surface area contributed by atoms with E-state index in [1.54, 1.807) is 11.3 Å². The molecule has 0 radical (unpaired) electrons. The van der Waals surface area contributed by atoms with Crippen molar-refractivity contribution in [2.45, 2.75) is 25.1 Å². The smallest absolute Gasteiger partial charge is 0.151 e. The Morgan fingerprint density at radius 3 is 2.68 bits per heavy atom. The molecular weight excluding hydrogens is 358 g/mol. The van der Waals surface area contributed by atoms with Crippen molar-refractivity contribution >= 4 is 21.2 Å². The first kappa shape index (κ1) is 18.4. The molecular formula is C18H23NO4S2. The summed E-state index contributed by atoms with van der Waals surface area (Å²) in [5.74, 6) is 1.12. The summed E-state index contributed by atoms with van der Waals surface area (Å²) in [5, 5.41) is 12.4. The van der Waals surface area contributed by atoms with Crippen molar-refractivity contribution < 1.29 is 18.3 Å². The summed E-state index contributed by atoms with van der Waals surface area (Å²) in [5.41, 5.74) is 0. The Kier molecular flexibility index (Phi) is 6.11. The van der Waals surface area contributed by atoms with Gasteiger partial charge in [0.25, 0.3) is 0 Å². The van der Waals surface area contributed by atoms with Crippen LogP contribution in [0.15, 0.2) is 47.8 Å².